The summed E-state index contributed by atoms with van der Waals surface area (Å²) >= 11 is 0. The molecule has 0 saturated heterocycles. The van der Waals surface area contributed by atoms with E-state index in [1.807, 2.05) is 6.07 Å². The van der Waals surface area contributed by atoms with Crippen LogP contribution < -0.4 is 10.6 Å². The Morgan fingerprint density at radius 3 is 2.42 bits per heavy atom. The van der Waals surface area contributed by atoms with Crippen molar-refractivity contribution in [2.24, 2.45) is 10.9 Å². The number of benzodiazepines with no additional fused rings is 1. The molecule has 0 bridgehead atoms. The van der Waals surface area contributed by atoms with Crippen LogP contribution in [0.4, 0.5) is 18.9 Å². The second-order valence-corrected chi connectivity index (χ2v) is 7.59. The molecule has 33 heavy (non-hydrogen) atoms. The van der Waals surface area contributed by atoms with Gasteiger partial charge in [0.05, 0.1) is 17.8 Å². The first kappa shape index (κ1) is 24.0. The average molecular weight is 461 g/mol. The number of anilines is 1. The minimum Gasteiger partial charge on any atom is -0.481 e. The lowest BCUT2D eigenvalue weighted by Gasteiger charge is -2.19. The summed E-state index contributed by atoms with van der Waals surface area (Å²) in [6, 6.07) is 15.9. The predicted octanol–water partition coefficient (Wildman–Crippen LogP) is 3.74. The van der Waals surface area contributed by atoms with Crippen LogP contribution in [0.15, 0.2) is 59.6 Å². The van der Waals surface area contributed by atoms with E-state index < -0.39 is 55.3 Å². The zero-order valence-electron chi connectivity index (χ0n) is 17.4. The smallest absolute Gasteiger partial charge is 0.389 e. The van der Waals surface area contributed by atoms with Crippen molar-refractivity contribution >= 4 is 29.2 Å². The summed E-state index contributed by atoms with van der Waals surface area (Å²) < 4.78 is 37.5. The molecular formula is C23H22F3N3O4. The molecule has 3 rings (SSSR count). The van der Waals surface area contributed by atoms with Crippen molar-refractivity contribution in [2.75, 3.05) is 5.32 Å². The number of carbonyl (C=O) groups excluding carboxylic acids is 2. The zero-order chi connectivity index (χ0) is 24.0. The molecule has 2 aromatic carbocycles. The molecule has 0 aromatic heterocycles. The topological polar surface area (TPSA) is 108 Å². The number of amides is 2. The van der Waals surface area contributed by atoms with Crippen molar-refractivity contribution in [3.05, 3.63) is 65.7 Å². The van der Waals surface area contributed by atoms with Crippen LogP contribution in [-0.4, -0.2) is 40.9 Å². The lowest BCUT2D eigenvalue weighted by molar-refractivity contribution is -0.143. The summed E-state index contributed by atoms with van der Waals surface area (Å²) in [5.41, 5.74) is 2.23. The Bertz CT molecular complexity index is 1050. The van der Waals surface area contributed by atoms with Crippen LogP contribution >= 0.6 is 0 Å². The molecule has 0 fully saturated rings. The second-order valence-electron chi connectivity index (χ2n) is 7.59. The third kappa shape index (κ3) is 6.64. The van der Waals surface area contributed by atoms with Gasteiger partial charge in [-0.25, -0.2) is 4.99 Å². The van der Waals surface area contributed by atoms with Crippen LogP contribution in [0, 0.1) is 5.92 Å². The van der Waals surface area contributed by atoms with Crippen LogP contribution in [0.25, 0.3) is 0 Å². The number of halogens is 3. The number of fused-ring (bicyclic) bond motifs is 1. The number of benzene rings is 2. The fraction of sp³-hybridized carbons (Fsp3) is 0.304. The maximum Gasteiger partial charge on any atom is 0.389 e. The molecular weight excluding hydrogens is 439 g/mol. The van der Waals surface area contributed by atoms with Gasteiger partial charge in [0.15, 0.2) is 0 Å². The first-order chi connectivity index (χ1) is 15.6. The van der Waals surface area contributed by atoms with Crippen molar-refractivity contribution in [3.8, 4) is 0 Å². The molecule has 1 aliphatic rings. The summed E-state index contributed by atoms with van der Waals surface area (Å²) in [4.78, 5) is 41.2. The van der Waals surface area contributed by atoms with E-state index in [2.05, 4.69) is 15.6 Å². The highest BCUT2D eigenvalue weighted by atomic mass is 19.4. The quantitative estimate of drug-likeness (QED) is 0.557. The van der Waals surface area contributed by atoms with Gasteiger partial charge in [0, 0.05) is 23.5 Å². The Hall–Kier alpha value is -3.69. The van der Waals surface area contributed by atoms with E-state index in [1.54, 1.807) is 48.5 Å². The molecule has 0 spiro atoms. The molecule has 2 unspecified atom stereocenters. The average Bonchev–Trinajstić information content (AvgIpc) is 2.89. The second kappa shape index (κ2) is 10.3. The minimum atomic E-state index is -4.41. The molecule has 0 aliphatic carbocycles. The number of carbonyl (C=O) groups is 3. The van der Waals surface area contributed by atoms with E-state index >= 15 is 0 Å². The molecule has 2 amide bonds. The van der Waals surface area contributed by atoms with Crippen molar-refractivity contribution in [1.82, 2.24) is 5.32 Å². The van der Waals surface area contributed by atoms with E-state index in [-0.39, 0.29) is 6.42 Å². The standard InChI is InChI=1S/C23H22F3N3O4/c24-23(25,26)12-6-9-15(13-18(30)31)21(32)29-20-22(33)27-17-11-5-4-10-16(17)19(28-20)14-7-2-1-3-8-14/h1-5,7-8,10-11,15,20H,6,9,12-13H2,(H,27,33)(H,29,32)(H,30,31). The first-order valence-corrected chi connectivity index (χ1v) is 10.3. The van der Waals surface area contributed by atoms with Gasteiger partial charge in [-0.1, -0.05) is 48.5 Å². The van der Waals surface area contributed by atoms with Gasteiger partial charge in [-0.2, -0.15) is 13.2 Å². The fourth-order valence-electron chi connectivity index (χ4n) is 3.52. The number of carboxylic acid groups (broad SMARTS) is 1. The van der Waals surface area contributed by atoms with Gasteiger partial charge < -0.3 is 15.7 Å². The predicted molar refractivity (Wildman–Crippen MR) is 115 cm³/mol. The number of hydrogen-bond donors (Lipinski definition) is 3. The van der Waals surface area contributed by atoms with E-state index in [0.717, 1.165) is 0 Å². The monoisotopic (exact) mass is 461 g/mol. The van der Waals surface area contributed by atoms with Gasteiger partial charge in [-0.3, -0.25) is 14.4 Å². The highest BCUT2D eigenvalue weighted by Gasteiger charge is 2.32. The number of nitrogens with zero attached hydrogens (tertiary/aromatic N) is 1. The molecule has 0 saturated carbocycles. The van der Waals surface area contributed by atoms with Crippen molar-refractivity contribution in [3.63, 3.8) is 0 Å². The third-order valence-corrected chi connectivity index (χ3v) is 5.08. The lowest BCUT2D eigenvalue weighted by atomic mass is 9.97. The van der Waals surface area contributed by atoms with Gasteiger partial charge in [-0.05, 0) is 18.9 Å². The number of aliphatic carboxylic acids is 1. The summed E-state index contributed by atoms with van der Waals surface area (Å²) in [5.74, 6) is -4.06. The molecule has 174 valence electrons. The number of carboxylic acids is 1. The van der Waals surface area contributed by atoms with E-state index in [4.69, 9.17) is 5.11 Å². The number of alkyl halides is 3. The molecule has 3 N–H and O–H groups in total. The number of nitrogens with one attached hydrogen (secondary N) is 2. The normalized spacial score (nSPS) is 16.6. The van der Waals surface area contributed by atoms with Crippen LogP contribution in [0.3, 0.4) is 0 Å². The number of aliphatic imine (C=N–C) groups is 1. The Morgan fingerprint density at radius 2 is 1.76 bits per heavy atom. The Morgan fingerprint density at radius 1 is 1.09 bits per heavy atom. The largest absolute Gasteiger partial charge is 0.481 e. The molecule has 1 heterocycles. The third-order valence-electron chi connectivity index (χ3n) is 5.08. The lowest BCUT2D eigenvalue weighted by Crippen LogP contribution is -2.45. The van der Waals surface area contributed by atoms with Gasteiger partial charge in [0.2, 0.25) is 12.1 Å². The van der Waals surface area contributed by atoms with Crippen LogP contribution in [0.2, 0.25) is 0 Å². The number of rotatable bonds is 8. The van der Waals surface area contributed by atoms with Crippen molar-refractivity contribution in [2.45, 2.75) is 38.0 Å². The Kier molecular flexibility index (Phi) is 7.47. The number of para-hydroxylation sites is 1. The van der Waals surface area contributed by atoms with Gasteiger partial charge in [0.1, 0.15) is 0 Å². The van der Waals surface area contributed by atoms with Gasteiger partial charge in [0.25, 0.3) is 5.91 Å². The SMILES string of the molecule is O=C(O)CC(CCCC(F)(F)F)C(=O)NC1N=C(c2ccccc2)c2ccccc2NC1=O. The molecule has 1 aliphatic heterocycles. The molecule has 7 nitrogen and oxygen atoms in total. The van der Waals surface area contributed by atoms with Gasteiger partial charge >= 0.3 is 12.1 Å². The zero-order valence-corrected chi connectivity index (χ0v) is 17.4. The van der Waals surface area contributed by atoms with Crippen LogP contribution in [-0.2, 0) is 14.4 Å². The first-order valence-electron chi connectivity index (χ1n) is 10.3. The van der Waals surface area contributed by atoms with Gasteiger partial charge in [-0.15, -0.1) is 0 Å². The fourth-order valence-corrected chi connectivity index (χ4v) is 3.52. The van der Waals surface area contributed by atoms with E-state index in [0.29, 0.717) is 22.5 Å². The number of hydrogen-bond acceptors (Lipinski definition) is 4. The summed E-state index contributed by atoms with van der Waals surface area (Å²) in [6.45, 7) is 0. The maximum absolute atomic E-state index is 12.8. The van der Waals surface area contributed by atoms with Crippen LogP contribution in [0.5, 0.6) is 0 Å². The van der Waals surface area contributed by atoms with E-state index in [1.165, 1.54) is 0 Å². The van der Waals surface area contributed by atoms with E-state index in [9.17, 15) is 27.6 Å². The Labute approximate surface area is 187 Å². The summed E-state index contributed by atoms with van der Waals surface area (Å²) in [6.07, 6.45) is -8.29. The van der Waals surface area contributed by atoms with Crippen molar-refractivity contribution in [1.29, 1.82) is 0 Å². The summed E-state index contributed by atoms with van der Waals surface area (Å²) in [5, 5.41) is 14.2. The molecule has 2 aromatic rings. The molecule has 10 heteroatoms. The van der Waals surface area contributed by atoms with Crippen molar-refractivity contribution < 1.29 is 32.7 Å². The minimum absolute atomic E-state index is 0.290. The molecule has 2 atom stereocenters. The Balaban J connectivity index is 1.86. The van der Waals surface area contributed by atoms with Crippen LogP contribution in [0.1, 0.15) is 36.8 Å². The maximum atomic E-state index is 12.8. The molecule has 0 radical (unpaired) electrons. The highest BCUT2D eigenvalue weighted by molar-refractivity contribution is 6.19. The highest BCUT2D eigenvalue weighted by Crippen LogP contribution is 2.26. The summed E-state index contributed by atoms with van der Waals surface area (Å²) in [7, 11) is 0.